The first kappa shape index (κ1) is 19.1. The van der Waals surface area contributed by atoms with Crippen LogP contribution in [0.5, 0.6) is 0 Å². The van der Waals surface area contributed by atoms with Crippen molar-refractivity contribution >= 4 is 52.4 Å². The number of H-pyrrole nitrogens is 1. The first-order valence-electron chi connectivity index (χ1n) is 7.13. The van der Waals surface area contributed by atoms with Crippen LogP contribution in [0.25, 0.3) is 10.9 Å². The Labute approximate surface area is 154 Å². The van der Waals surface area contributed by atoms with E-state index in [1.165, 1.54) is 10.9 Å². The van der Waals surface area contributed by atoms with Crippen LogP contribution in [0.3, 0.4) is 0 Å². The van der Waals surface area contributed by atoms with Crippen molar-refractivity contribution in [3.05, 3.63) is 35.0 Å². The highest BCUT2D eigenvalue weighted by Gasteiger charge is 2.11. The molecule has 0 amide bonds. The Balaban J connectivity index is 0.00000242. The summed E-state index contributed by atoms with van der Waals surface area (Å²) in [5, 5.41) is 8.63. The summed E-state index contributed by atoms with van der Waals surface area (Å²) in [4.78, 5) is 7.51. The molecule has 0 atom stereocenters. The molecule has 122 valence electrons. The lowest BCUT2D eigenvalue weighted by Crippen LogP contribution is -2.48. The zero-order valence-electron chi connectivity index (χ0n) is 13.5. The van der Waals surface area contributed by atoms with Gasteiger partial charge in [-0.1, -0.05) is 11.6 Å². The predicted molar refractivity (Wildman–Crippen MR) is 107 cm³/mol. The molecular formula is C16H24ClIN4. The monoisotopic (exact) mass is 434 g/mol. The van der Waals surface area contributed by atoms with Crippen molar-refractivity contribution in [2.45, 2.75) is 32.7 Å². The van der Waals surface area contributed by atoms with Crippen LogP contribution >= 0.6 is 35.6 Å². The van der Waals surface area contributed by atoms with Gasteiger partial charge in [0.25, 0.3) is 0 Å². The summed E-state index contributed by atoms with van der Waals surface area (Å²) in [6, 6.07) is 5.91. The minimum absolute atomic E-state index is 0. The molecule has 1 heterocycles. The Hall–Kier alpha value is -0.950. The predicted octanol–water partition coefficient (Wildman–Crippen LogP) is 3.95. The summed E-state index contributed by atoms with van der Waals surface area (Å²) in [5.74, 6) is 0.820. The van der Waals surface area contributed by atoms with E-state index in [0.717, 1.165) is 29.5 Å². The number of nitrogens with one attached hydrogen (secondary N) is 3. The second-order valence-corrected chi connectivity index (χ2v) is 6.56. The van der Waals surface area contributed by atoms with Crippen LogP contribution in [0, 0.1) is 0 Å². The van der Waals surface area contributed by atoms with Crippen molar-refractivity contribution in [1.82, 2.24) is 15.6 Å². The van der Waals surface area contributed by atoms with Gasteiger partial charge in [-0.05, 0) is 51.0 Å². The quantitative estimate of drug-likeness (QED) is 0.389. The summed E-state index contributed by atoms with van der Waals surface area (Å²) in [6.07, 6.45) is 2.95. The third-order valence-corrected chi connectivity index (χ3v) is 3.37. The standard InChI is InChI=1S/C16H23ClN4.HI/c1-16(2,3)21-15(18-4)19-8-7-11-10-20-14-6-5-12(17)9-13(11)14;/h5-6,9-10,20H,7-8H2,1-4H3,(H2,18,19,21);1H. The highest BCUT2D eigenvalue weighted by atomic mass is 127. The highest BCUT2D eigenvalue weighted by Crippen LogP contribution is 2.22. The smallest absolute Gasteiger partial charge is 0.191 e. The molecule has 2 rings (SSSR count). The first-order chi connectivity index (χ1) is 9.89. The molecule has 0 spiro atoms. The van der Waals surface area contributed by atoms with Crippen LogP contribution in [-0.2, 0) is 6.42 Å². The second-order valence-electron chi connectivity index (χ2n) is 6.13. The molecule has 22 heavy (non-hydrogen) atoms. The van der Waals surface area contributed by atoms with Gasteiger partial charge in [-0.2, -0.15) is 0 Å². The molecule has 3 N–H and O–H groups in total. The van der Waals surface area contributed by atoms with Crippen LogP contribution in [-0.4, -0.2) is 30.1 Å². The van der Waals surface area contributed by atoms with Crippen LogP contribution in [0.1, 0.15) is 26.3 Å². The molecule has 6 heteroatoms. The number of hydrogen-bond donors (Lipinski definition) is 3. The summed E-state index contributed by atoms with van der Waals surface area (Å²) < 4.78 is 0. The van der Waals surface area contributed by atoms with Gasteiger partial charge >= 0.3 is 0 Å². The van der Waals surface area contributed by atoms with E-state index in [1.807, 2.05) is 24.4 Å². The molecule has 0 saturated heterocycles. The van der Waals surface area contributed by atoms with Crippen molar-refractivity contribution in [1.29, 1.82) is 0 Å². The average Bonchev–Trinajstić information content (AvgIpc) is 2.79. The van der Waals surface area contributed by atoms with Gasteiger partial charge in [0.15, 0.2) is 5.96 Å². The number of aromatic nitrogens is 1. The largest absolute Gasteiger partial charge is 0.361 e. The van der Waals surface area contributed by atoms with Gasteiger partial charge in [0.05, 0.1) is 0 Å². The highest BCUT2D eigenvalue weighted by molar-refractivity contribution is 14.0. The normalized spacial score (nSPS) is 12.1. The number of aliphatic imine (C=N–C) groups is 1. The molecule has 0 fully saturated rings. The van der Waals surface area contributed by atoms with Gasteiger partial charge in [-0.3, -0.25) is 4.99 Å². The van der Waals surface area contributed by atoms with Gasteiger partial charge in [0, 0.05) is 41.3 Å². The minimum Gasteiger partial charge on any atom is -0.361 e. The number of nitrogens with zero attached hydrogens (tertiary/aromatic N) is 1. The Morgan fingerprint density at radius 3 is 2.68 bits per heavy atom. The third-order valence-electron chi connectivity index (χ3n) is 3.13. The average molecular weight is 435 g/mol. The van der Waals surface area contributed by atoms with Crippen molar-refractivity contribution in [3.8, 4) is 0 Å². The fourth-order valence-corrected chi connectivity index (χ4v) is 2.38. The number of halogens is 2. The van der Waals surface area contributed by atoms with E-state index in [-0.39, 0.29) is 29.5 Å². The summed E-state index contributed by atoms with van der Waals surface area (Å²) in [5.41, 5.74) is 2.37. The van der Waals surface area contributed by atoms with Crippen molar-refractivity contribution in [2.75, 3.05) is 13.6 Å². The molecule has 0 aliphatic carbocycles. The lowest BCUT2D eigenvalue weighted by atomic mass is 10.1. The Bertz CT molecular complexity index is 643. The maximum atomic E-state index is 6.07. The van der Waals surface area contributed by atoms with Crippen molar-refractivity contribution in [3.63, 3.8) is 0 Å². The van der Waals surface area contributed by atoms with Crippen molar-refractivity contribution < 1.29 is 0 Å². The number of rotatable bonds is 3. The summed E-state index contributed by atoms with van der Waals surface area (Å²) in [6.45, 7) is 7.15. The molecule has 0 aliphatic heterocycles. The molecule has 2 aromatic rings. The van der Waals surface area contributed by atoms with Crippen molar-refractivity contribution in [2.24, 2.45) is 4.99 Å². The van der Waals surface area contributed by atoms with Crippen LogP contribution in [0.4, 0.5) is 0 Å². The first-order valence-corrected chi connectivity index (χ1v) is 7.51. The van der Waals surface area contributed by atoms with E-state index >= 15 is 0 Å². The van der Waals surface area contributed by atoms with E-state index in [1.54, 1.807) is 7.05 Å². The lowest BCUT2D eigenvalue weighted by Gasteiger charge is -2.23. The fraction of sp³-hybridized carbons (Fsp3) is 0.438. The number of guanidine groups is 1. The number of aromatic amines is 1. The van der Waals surface area contributed by atoms with Gasteiger partial charge in [-0.25, -0.2) is 0 Å². The second kappa shape index (κ2) is 8.06. The molecular weight excluding hydrogens is 411 g/mol. The molecule has 1 aromatic carbocycles. The van der Waals surface area contributed by atoms with Gasteiger partial charge < -0.3 is 15.6 Å². The SMILES string of the molecule is CN=C(NCCc1c[nH]c2ccc(Cl)cc12)NC(C)(C)C.I. The van der Waals surface area contributed by atoms with Crippen LogP contribution < -0.4 is 10.6 Å². The topological polar surface area (TPSA) is 52.2 Å². The van der Waals surface area contributed by atoms with E-state index in [2.05, 4.69) is 41.4 Å². The Morgan fingerprint density at radius 1 is 1.32 bits per heavy atom. The number of fused-ring (bicyclic) bond motifs is 1. The zero-order valence-corrected chi connectivity index (χ0v) is 16.5. The molecule has 0 aliphatic rings. The molecule has 0 radical (unpaired) electrons. The molecule has 0 bridgehead atoms. The van der Waals surface area contributed by atoms with Crippen LogP contribution in [0.2, 0.25) is 5.02 Å². The summed E-state index contributed by atoms with van der Waals surface area (Å²) >= 11 is 6.07. The van der Waals surface area contributed by atoms with Gasteiger partial charge in [0.2, 0.25) is 0 Å². The molecule has 0 saturated carbocycles. The lowest BCUT2D eigenvalue weighted by molar-refractivity contribution is 0.501. The Morgan fingerprint density at radius 2 is 2.05 bits per heavy atom. The summed E-state index contributed by atoms with van der Waals surface area (Å²) in [7, 11) is 1.78. The van der Waals surface area contributed by atoms with E-state index in [9.17, 15) is 0 Å². The van der Waals surface area contributed by atoms with Crippen LogP contribution in [0.15, 0.2) is 29.4 Å². The fourth-order valence-electron chi connectivity index (χ4n) is 2.21. The minimum atomic E-state index is -0.00382. The molecule has 4 nitrogen and oxygen atoms in total. The number of benzene rings is 1. The zero-order chi connectivity index (χ0) is 15.5. The Kier molecular flexibility index (Phi) is 6.99. The maximum absolute atomic E-state index is 6.07. The van der Waals surface area contributed by atoms with E-state index in [4.69, 9.17) is 11.6 Å². The molecule has 0 unspecified atom stereocenters. The van der Waals surface area contributed by atoms with Gasteiger partial charge in [-0.15, -0.1) is 24.0 Å². The van der Waals surface area contributed by atoms with E-state index in [0.29, 0.717) is 0 Å². The number of hydrogen-bond acceptors (Lipinski definition) is 1. The third kappa shape index (κ3) is 5.35. The maximum Gasteiger partial charge on any atom is 0.191 e. The molecule has 1 aromatic heterocycles. The van der Waals surface area contributed by atoms with E-state index < -0.39 is 0 Å². The van der Waals surface area contributed by atoms with Gasteiger partial charge in [0.1, 0.15) is 0 Å².